The standard InChI is InChI=1S/C22H30N6O2/c1-14-5-7-27(8-6-14)20(21-24-25-26-28(21)9-10-30-4)18-13-17-12-15(2)11-16(3)19(17)23-22(18)29/h11-14,20H,5-10H2,1-4H3,(H,23,29)/t20-/m1/s1. The highest BCUT2D eigenvalue weighted by Crippen LogP contribution is 2.31. The van der Waals surface area contributed by atoms with Gasteiger partial charge in [0.1, 0.15) is 6.04 Å². The number of rotatable bonds is 6. The van der Waals surface area contributed by atoms with E-state index in [-0.39, 0.29) is 11.6 Å². The molecular formula is C22H30N6O2. The zero-order chi connectivity index (χ0) is 21.3. The van der Waals surface area contributed by atoms with Crippen LogP contribution in [0.1, 0.15) is 48.3 Å². The predicted octanol–water partition coefficient (Wildman–Crippen LogP) is 2.60. The molecule has 0 saturated carbocycles. The number of fused-ring (bicyclic) bond motifs is 1. The number of tetrazole rings is 1. The van der Waals surface area contributed by atoms with Crippen LogP contribution in [0, 0.1) is 19.8 Å². The minimum atomic E-state index is -0.293. The van der Waals surface area contributed by atoms with Crippen LogP contribution < -0.4 is 5.56 Å². The summed E-state index contributed by atoms with van der Waals surface area (Å²) in [7, 11) is 1.66. The molecule has 3 heterocycles. The average molecular weight is 411 g/mol. The lowest BCUT2D eigenvalue weighted by atomic mass is 9.95. The molecule has 1 aliphatic rings. The van der Waals surface area contributed by atoms with Crippen LogP contribution in [0.15, 0.2) is 23.0 Å². The molecule has 1 aromatic carbocycles. The Bertz CT molecular complexity index is 1080. The first-order valence-electron chi connectivity index (χ1n) is 10.6. The molecule has 8 heteroatoms. The van der Waals surface area contributed by atoms with Crippen molar-refractivity contribution in [2.24, 2.45) is 5.92 Å². The molecule has 160 valence electrons. The molecule has 0 radical (unpaired) electrons. The summed E-state index contributed by atoms with van der Waals surface area (Å²) in [6.45, 7) is 9.26. The normalized spacial score (nSPS) is 16.9. The maximum Gasteiger partial charge on any atom is 0.253 e. The van der Waals surface area contributed by atoms with E-state index < -0.39 is 0 Å². The van der Waals surface area contributed by atoms with E-state index in [1.54, 1.807) is 11.8 Å². The Balaban J connectivity index is 1.85. The summed E-state index contributed by atoms with van der Waals surface area (Å²) in [5.74, 6) is 1.38. The Labute approximate surface area is 176 Å². The number of nitrogens with one attached hydrogen (secondary N) is 1. The van der Waals surface area contributed by atoms with Gasteiger partial charge < -0.3 is 9.72 Å². The molecule has 1 saturated heterocycles. The van der Waals surface area contributed by atoms with Crippen molar-refractivity contribution in [3.8, 4) is 0 Å². The van der Waals surface area contributed by atoms with Crippen molar-refractivity contribution in [2.45, 2.75) is 46.2 Å². The number of ether oxygens (including phenoxy) is 1. The molecule has 0 bridgehead atoms. The molecule has 8 nitrogen and oxygen atoms in total. The minimum absolute atomic E-state index is 0.0839. The third kappa shape index (κ3) is 4.02. The Morgan fingerprint density at radius 3 is 2.73 bits per heavy atom. The molecule has 0 amide bonds. The van der Waals surface area contributed by atoms with Crippen LogP contribution in [-0.2, 0) is 11.3 Å². The molecule has 1 N–H and O–H groups in total. The van der Waals surface area contributed by atoms with Gasteiger partial charge >= 0.3 is 0 Å². The van der Waals surface area contributed by atoms with E-state index in [1.165, 1.54) is 5.56 Å². The van der Waals surface area contributed by atoms with Gasteiger partial charge in [0.2, 0.25) is 0 Å². The van der Waals surface area contributed by atoms with Gasteiger partial charge in [-0.1, -0.05) is 18.6 Å². The van der Waals surface area contributed by atoms with Crippen molar-refractivity contribution in [1.29, 1.82) is 0 Å². The van der Waals surface area contributed by atoms with Crippen LogP contribution >= 0.6 is 0 Å². The van der Waals surface area contributed by atoms with E-state index >= 15 is 0 Å². The summed E-state index contributed by atoms with van der Waals surface area (Å²) < 4.78 is 6.99. The van der Waals surface area contributed by atoms with E-state index in [4.69, 9.17) is 4.74 Å². The zero-order valence-corrected chi connectivity index (χ0v) is 18.2. The van der Waals surface area contributed by atoms with E-state index in [1.807, 2.05) is 13.0 Å². The Morgan fingerprint density at radius 2 is 2.00 bits per heavy atom. The van der Waals surface area contributed by atoms with Crippen molar-refractivity contribution < 1.29 is 4.74 Å². The summed E-state index contributed by atoms with van der Waals surface area (Å²) in [4.78, 5) is 18.7. The van der Waals surface area contributed by atoms with E-state index in [0.29, 0.717) is 30.5 Å². The monoisotopic (exact) mass is 410 g/mol. The number of hydrogen-bond donors (Lipinski definition) is 1. The highest BCUT2D eigenvalue weighted by atomic mass is 16.5. The van der Waals surface area contributed by atoms with Crippen LogP contribution in [0.25, 0.3) is 10.9 Å². The number of pyridine rings is 1. The largest absolute Gasteiger partial charge is 0.383 e. The molecule has 4 rings (SSSR count). The number of methoxy groups -OCH3 is 1. The molecular weight excluding hydrogens is 380 g/mol. The second kappa shape index (κ2) is 8.65. The van der Waals surface area contributed by atoms with Crippen molar-refractivity contribution >= 4 is 10.9 Å². The SMILES string of the molecule is COCCn1nnnc1[C@@H](c1cc2cc(C)cc(C)c2[nH]c1=O)N1CCC(C)CC1. The smallest absolute Gasteiger partial charge is 0.253 e. The number of aromatic amines is 1. The molecule has 1 fully saturated rings. The third-order valence-corrected chi connectivity index (χ3v) is 6.11. The van der Waals surface area contributed by atoms with Gasteiger partial charge in [-0.25, -0.2) is 4.68 Å². The maximum atomic E-state index is 13.3. The first kappa shape index (κ1) is 20.7. The van der Waals surface area contributed by atoms with Gasteiger partial charge in [0.15, 0.2) is 5.82 Å². The van der Waals surface area contributed by atoms with Crippen LogP contribution in [0.4, 0.5) is 0 Å². The Morgan fingerprint density at radius 1 is 1.23 bits per heavy atom. The highest BCUT2D eigenvalue weighted by molar-refractivity contribution is 5.83. The van der Waals surface area contributed by atoms with Gasteiger partial charge in [0.25, 0.3) is 5.56 Å². The number of aryl methyl sites for hydroxylation is 2. The molecule has 0 unspecified atom stereocenters. The summed E-state index contributed by atoms with van der Waals surface area (Å²) in [5, 5.41) is 13.5. The number of piperidine rings is 1. The second-order valence-corrected chi connectivity index (χ2v) is 8.47. The van der Waals surface area contributed by atoms with Crippen molar-refractivity contribution in [1.82, 2.24) is 30.1 Å². The minimum Gasteiger partial charge on any atom is -0.383 e. The summed E-state index contributed by atoms with van der Waals surface area (Å²) in [5.41, 5.74) is 3.74. The second-order valence-electron chi connectivity index (χ2n) is 8.47. The Hall–Kier alpha value is -2.58. The number of benzene rings is 1. The lowest BCUT2D eigenvalue weighted by Gasteiger charge is -2.35. The van der Waals surface area contributed by atoms with E-state index in [0.717, 1.165) is 42.4 Å². The van der Waals surface area contributed by atoms with E-state index in [9.17, 15) is 4.79 Å². The molecule has 30 heavy (non-hydrogen) atoms. The first-order chi connectivity index (χ1) is 14.5. The summed E-state index contributed by atoms with van der Waals surface area (Å²) in [6, 6.07) is 5.93. The fraction of sp³-hybridized carbons (Fsp3) is 0.545. The van der Waals surface area contributed by atoms with Gasteiger partial charge in [-0.15, -0.1) is 5.10 Å². The van der Waals surface area contributed by atoms with Crippen molar-refractivity contribution in [3.05, 3.63) is 51.1 Å². The summed E-state index contributed by atoms with van der Waals surface area (Å²) in [6.07, 6.45) is 2.19. The number of aromatic nitrogens is 5. The molecule has 2 aromatic heterocycles. The Kier molecular flexibility index (Phi) is 5.97. The number of H-pyrrole nitrogens is 1. The predicted molar refractivity (Wildman–Crippen MR) is 116 cm³/mol. The zero-order valence-electron chi connectivity index (χ0n) is 18.2. The molecule has 1 atom stereocenters. The van der Waals surface area contributed by atoms with Gasteiger partial charge in [0.05, 0.1) is 18.7 Å². The average Bonchev–Trinajstić information content (AvgIpc) is 3.17. The van der Waals surface area contributed by atoms with Gasteiger partial charge in [-0.3, -0.25) is 9.69 Å². The number of hydrogen-bond acceptors (Lipinski definition) is 6. The highest BCUT2D eigenvalue weighted by Gasteiger charge is 2.32. The van der Waals surface area contributed by atoms with Crippen LogP contribution in [0.2, 0.25) is 0 Å². The molecule has 3 aromatic rings. The van der Waals surface area contributed by atoms with Crippen LogP contribution in [0.3, 0.4) is 0 Å². The fourth-order valence-corrected chi connectivity index (χ4v) is 4.44. The van der Waals surface area contributed by atoms with Crippen molar-refractivity contribution in [3.63, 3.8) is 0 Å². The van der Waals surface area contributed by atoms with Crippen molar-refractivity contribution in [2.75, 3.05) is 26.8 Å². The quantitative estimate of drug-likeness (QED) is 0.672. The number of likely N-dealkylation sites (tertiary alicyclic amines) is 1. The van der Waals surface area contributed by atoms with Crippen LogP contribution in [0.5, 0.6) is 0 Å². The number of nitrogens with zero attached hydrogens (tertiary/aromatic N) is 5. The van der Waals surface area contributed by atoms with Gasteiger partial charge in [0, 0.05) is 12.7 Å². The molecule has 1 aliphatic heterocycles. The molecule has 0 spiro atoms. The maximum absolute atomic E-state index is 13.3. The fourth-order valence-electron chi connectivity index (χ4n) is 4.44. The summed E-state index contributed by atoms with van der Waals surface area (Å²) >= 11 is 0. The lowest BCUT2D eigenvalue weighted by Crippen LogP contribution is -2.40. The lowest BCUT2D eigenvalue weighted by molar-refractivity contribution is 0.144. The molecule has 0 aliphatic carbocycles. The van der Waals surface area contributed by atoms with Gasteiger partial charge in [-0.05, 0) is 79.2 Å². The topological polar surface area (TPSA) is 88.9 Å². The first-order valence-corrected chi connectivity index (χ1v) is 10.6. The van der Waals surface area contributed by atoms with Gasteiger partial charge in [-0.2, -0.15) is 0 Å². The van der Waals surface area contributed by atoms with E-state index in [2.05, 4.69) is 51.4 Å². The third-order valence-electron chi connectivity index (χ3n) is 6.11. The van der Waals surface area contributed by atoms with Crippen LogP contribution in [-0.4, -0.2) is 56.9 Å².